The Balaban J connectivity index is 2.06. The predicted molar refractivity (Wildman–Crippen MR) is 85.3 cm³/mol. The van der Waals surface area contributed by atoms with Gasteiger partial charge in [-0.3, -0.25) is 4.98 Å². The summed E-state index contributed by atoms with van der Waals surface area (Å²) in [6.07, 6.45) is 1.75. The molecule has 0 saturated carbocycles. The van der Waals surface area contributed by atoms with Gasteiger partial charge in [0.05, 0.1) is 28.5 Å². The lowest BCUT2D eigenvalue weighted by Gasteiger charge is -2.13. The Labute approximate surface area is 122 Å². The van der Waals surface area contributed by atoms with E-state index in [0.29, 0.717) is 11.3 Å². The third-order valence-electron chi connectivity index (χ3n) is 3.46. The van der Waals surface area contributed by atoms with Gasteiger partial charge < -0.3 is 11.1 Å². The molecule has 0 fully saturated rings. The van der Waals surface area contributed by atoms with Crippen LogP contribution < -0.4 is 11.1 Å². The number of nitrogens with zero attached hydrogens (tertiary/aromatic N) is 2. The first kappa shape index (κ1) is 12.9. The van der Waals surface area contributed by atoms with E-state index in [9.17, 15) is 0 Å². The Morgan fingerprint density at radius 3 is 2.81 bits per heavy atom. The fourth-order valence-corrected chi connectivity index (χ4v) is 2.26. The maximum absolute atomic E-state index is 9.00. The third-order valence-corrected chi connectivity index (χ3v) is 3.46. The topological polar surface area (TPSA) is 74.7 Å². The maximum Gasteiger partial charge on any atom is 0.0992 e. The number of aryl methyl sites for hydroxylation is 1. The molecule has 0 atom stereocenters. The number of nitrogens with one attached hydrogen (secondary N) is 1. The van der Waals surface area contributed by atoms with Crippen LogP contribution in [0.1, 0.15) is 11.1 Å². The average molecular weight is 274 g/mol. The molecule has 0 aliphatic carbocycles. The molecule has 1 heterocycles. The van der Waals surface area contributed by atoms with Crippen LogP contribution in [0.3, 0.4) is 0 Å². The van der Waals surface area contributed by atoms with Crippen LogP contribution in [0.2, 0.25) is 0 Å². The van der Waals surface area contributed by atoms with E-state index < -0.39 is 0 Å². The van der Waals surface area contributed by atoms with Gasteiger partial charge in [-0.15, -0.1) is 0 Å². The SMILES string of the molecule is Cc1ccc(C#N)cc1Nc1ccc2ncccc2c1N. The Hall–Kier alpha value is -3.06. The van der Waals surface area contributed by atoms with E-state index in [2.05, 4.69) is 16.4 Å². The molecule has 1 aromatic heterocycles. The van der Waals surface area contributed by atoms with E-state index >= 15 is 0 Å². The second-order valence-corrected chi connectivity index (χ2v) is 4.86. The molecular formula is C17H14N4. The highest BCUT2D eigenvalue weighted by atomic mass is 14.9. The summed E-state index contributed by atoms with van der Waals surface area (Å²) in [6, 6.07) is 15.3. The fraction of sp³-hybridized carbons (Fsp3) is 0.0588. The molecule has 0 aliphatic rings. The van der Waals surface area contributed by atoms with Gasteiger partial charge in [0, 0.05) is 17.3 Å². The molecule has 0 saturated heterocycles. The molecule has 0 spiro atoms. The number of fused-ring (bicyclic) bond motifs is 1. The minimum absolute atomic E-state index is 0.615. The zero-order chi connectivity index (χ0) is 14.8. The zero-order valence-corrected chi connectivity index (χ0v) is 11.6. The fourth-order valence-electron chi connectivity index (χ4n) is 2.26. The van der Waals surface area contributed by atoms with E-state index in [1.165, 1.54) is 0 Å². The van der Waals surface area contributed by atoms with Gasteiger partial charge in [0.2, 0.25) is 0 Å². The predicted octanol–water partition coefficient (Wildman–Crippen LogP) is 3.74. The number of hydrogen-bond donors (Lipinski definition) is 2. The molecule has 0 radical (unpaired) electrons. The van der Waals surface area contributed by atoms with Gasteiger partial charge in [-0.2, -0.15) is 5.26 Å². The van der Waals surface area contributed by atoms with Crippen LogP contribution in [0.4, 0.5) is 17.1 Å². The first-order valence-electron chi connectivity index (χ1n) is 6.60. The number of rotatable bonds is 2. The molecule has 2 aromatic carbocycles. The average Bonchev–Trinajstić information content (AvgIpc) is 2.52. The molecule has 0 amide bonds. The van der Waals surface area contributed by atoms with Crippen LogP contribution >= 0.6 is 0 Å². The van der Waals surface area contributed by atoms with Crippen molar-refractivity contribution in [1.29, 1.82) is 5.26 Å². The van der Waals surface area contributed by atoms with Crippen molar-refractivity contribution in [3.63, 3.8) is 0 Å². The van der Waals surface area contributed by atoms with Crippen molar-refractivity contribution in [3.8, 4) is 6.07 Å². The molecule has 0 aliphatic heterocycles. The number of pyridine rings is 1. The lowest BCUT2D eigenvalue weighted by Crippen LogP contribution is -1.99. The normalized spacial score (nSPS) is 10.3. The molecule has 3 N–H and O–H groups in total. The van der Waals surface area contributed by atoms with E-state index in [0.717, 1.165) is 27.8 Å². The van der Waals surface area contributed by atoms with Gasteiger partial charge >= 0.3 is 0 Å². The van der Waals surface area contributed by atoms with Crippen molar-refractivity contribution in [2.24, 2.45) is 0 Å². The number of anilines is 3. The molecule has 21 heavy (non-hydrogen) atoms. The van der Waals surface area contributed by atoms with Crippen molar-refractivity contribution in [2.75, 3.05) is 11.1 Å². The molecular weight excluding hydrogens is 260 g/mol. The van der Waals surface area contributed by atoms with Gasteiger partial charge in [-0.1, -0.05) is 6.07 Å². The van der Waals surface area contributed by atoms with Gasteiger partial charge in [-0.05, 0) is 48.9 Å². The van der Waals surface area contributed by atoms with Crippen LogP contribution in [0.5, 0.6) is 0 Å². The summed E-state index contributed by atoms with van der Waals surface area (Å²) in [5.74, 6) is 0. The Morgan fingerprint density at radius 2 is 2.00 bits per heavy atom. The van der Waals surface area contributed by atoms with Crippen LogP contribution in [0, 0.1) is 18.3 Å². The third kappa shape index (κ3) is 2.37. The van der Waals surface area contributed by atoms with Gasteiger partial charge in [0.15, 0.2) is 0 Å². The van der Waals surface area contributed by atoms with Crippen molar-refractivity contribution in [1.82, 2.24) is 4.98 Å². The van der Waals surface area contributed by atoms with Gasteiger partial charge in [0.25, 0.3) is 0 Å². The van der Waals surface area contributed by atoms with Crippen molar-refractivity contribution in [3.05, 3.63) is 59.8 Å². The largest absolute Gasteiger partial charge is 0.396 e. The van der Waals surface area contributed by atoms with Gasteiger partial charge in [0.1, 0.15) is 0 Å². The Kier molecular flexibility index (Phi) is 3.17. The lowest BCUT2D eigenvalue weighted by molar-refractivity contribution is 1.39. The molecule has 3 aromatic rings. The number of nitrogen functional groups attached to an aromatic ring is 1. The highest BCUT2D eigenvalue weighted by molar-refractivity contribution is 5.97. The molecule has 102 valence electrons. The number of nitrogens with two attached hydrogens (primary N) is 1. The summed E-state index contributed by atoms with van der Waals surface area (Å²) >= 11 is 0. The zero-order valence-electron chi connectivity index (χ0n) is 11.6. The molecule has 0 unspecified atom stereocenters. The first-order chi connectivity index (χ1) is 10.2. The van der Waals surface area contributed by atoms with Crippen LogP contribution in [-0.4, -0.2) is 4.98 Å². The molecule has 4 nitrogen and oxygen atoms in total. The van der Waals surface area contributed by atoms with E-state index in [4.69, 9.17) is 11.0 Å². The number of hydrogen-bond acceptors (Lipinski definition) is 4. The summed E-state index contributed by atoms with van der Waals surface area (Å²) in [6.45, 7) is 1.99. The lowest BCUT2D eigenvalue weighted by atomic mass is 10.1. The minimum atomic E-state index is 0.615. The number of aromatic nitrogens is 1. The van der Waals surface area contributed by atoms with E-state index in [-0.39, 0.29) is 0 Å². The summed E-state index contributed by atoms with van der Waals surface area (Å²) in [5, 5.41) is 13.2. The summed E-state index contributed by atoms with van der Waals surface area (Å²) < 4.78 is 0. The molecule has 0 bridgehead atoms. The number of benzene rings is 2. The van der Waals surface area contributed by atoms with Crippen molar-refractivity contribution in [2.45, 2.75) is 6.92 Å². The smallest absolute Gasteiger partial charge is 0.0992 e. The highest BCUT2D eigenvalue weighted by Gasteiger charge is 2.07. The standard InChI is InChI=1S/C17H14N4/c1-11-4-5-12(10-18)9-16(11)21-15-7-6-14-13(17(15)19)3-2-8-20-14/h2-9,21H,19H2,1H3. The van der Waals surface area contributed by atoms with Gasteiger partial charge in [-0.25, -0.2) is 0 Å². The van der Waals surface area contributed by atoms with E-state index in [1.807, 2.05) is 43.3 Å². The highest BCUT2D eigenvalue weighted by Crippen LogP contribution is 2.31. The van der Waals surface area contributed by atoms with Crippen LogP contribution in [0.15, 0.2) is 48.7 Å². The quantitative estimate of drug-likeness (QED) is 0.698. The Bertz CT molecular complexity index is 862. The Morgan fingerprint density at radius 1 is 1.14 bits per heavy atom. The summed E-state index contributed by atoms with van der Waals surface area (Å²) in [4.78, 5) is 4.28. The van der Waals surface area contributed by atoms with Crippen molar-refractivity contribution < 1.29 is 0 Å². The van der Waals surface area contributed by atoms with E-state index in [1.54, 1.807) is 12.3 Å². The summed E-state index contributed by atoms with van der Waals surface area (Å²) in [5.41, 5.74) is 11.1. The summed E-state index contributed by atoms with van der Waals surface area (Å²) in [7, 11) is 0. The first-order valence-corrected chi connectivity index (χ1v) is 6.60. The minimum Gasteiger partial charge on any atom is -0.396 e. The van der Waals surface area contributed by atoms with Crippen LogP contribution in [0.25, 0.3) is 10.9 Å². The number of nitriles is 1. The monoisotopic (exact) mass is 274 g/mol. The van der Waals surface area contributed by atoms with Crippen LogP contribution in [-0.2, 0) is 0 Å². The molecule has 4 heteroatoms. The second-order valence-electron chi connectivity index (χ2n) is 4.86. The molecule has 3 rings (SSSR count). The second kappa shape index (κ2) is 5.14. The van der Waals surface area contributed by atoms with Crippen molar-refractivity contribution >= 4 is 28.0 Å². The maximum atomic E-state index is 9.00.